The third-order valence-corrected chi connectivity index (χ3v) is 6.29. The molecule has 0 unspecified atom stereocenters. The van der Waals surface area contributed by atoms with E-state index in [-0.39, 0.29) is 0 Å². The Labute approximate surface area is 188 Å². The summed E-state index contributed by atoms with van der Waals surface area (Å²) in [6.07, 6.45) is 0. The lowest BCUT2D eigenvalue weighted by atomic mass is 9.85. The third-order valence-electron chi connectivity index (χ3n) is 6.29. The highest BCUT2D eigenvalue weighted by Gasteiger charge is 2.16. The Morgan fingerprint density at radius 3 is 1.69 bits per heavy atom. The van der Waals surface area contributed by atoms with Crippen molar-refractivity contribution in [2.45, 2.75) is 0 Å². The maximum atomic E-state index is 2.27. The first kappa shape index (κ1) is 18.6. The molecule has 32 heavy (non-hydrogen) atoms. The summed E-state index contributed by atoms with van der Waals surface area (Å²) in [4.78, 5) is 0. The second kappa shape index (κ2) is 7.83. The van der Waals surface area contributed by atoms with E-state index in [1.807, 2.05) is 0 Å². The van der Waals surface area contributed by atoms with Crippen LogP contribution in [0.1, 0.15) is 0 Å². The van der Waals surface area contributed by atoms with Crippen LogP contribution in [-0.4, -0.2) is 0 Å². The fourth-order valence-electron chi connectivity index (χ4n) is 4.83. The van der Waals surface area contributed by atoms with Gasteiger partial charge in [-0.15, -0.1) is 0 Å². The topological polar surface area (TPSA) is 0 Å². The van der Waals surface area contributed by atoms with Gasteiger partial charge in [0.15, 0.2) is 0 Å². The molecular weight excluding hydrogens is 384 g/mol. The monoisotopic (exact) mass is 406 g/mol. The van der Waals surface area contributed by atoms with Gasteiger partial charge in [0, 0.05) is 0 Å². The van der Waals surface area contributed by atoms with Gasteiger partial charge in [-0.25, -0.2) is 0 Å². The molecule has 0 bridgehead atoms. The van der Waals surface area contributed by atoms with E-state index < -0.39 is 0 Å². The van der Waals surface area contributed by atoms with Gasteiger partial charge in [0.1, 0.15) is 0 Å². The van der Waals surface area contributed by atoms with Crippen LogP contribution in [-0.2, 0) is 0 Å². The fraction of sp³-hybridized carbons (Fsp3) is 0. The maximum absolute atomic E-state index is 2.27. The molecular formula is C32H22. The first-order valence-electron chi connectivity index (χ1n) is 11.0. The predicted molar refractivity (Wildman–Crippen MR) is 138 cm³/mol. The Balaban J connectivity index is 1.70. The molecule has 0 atom stereocenters. The molecule has 6 aromatic carbocycles. The summed E-state index contributed by atoms with van der Waals surface area (Å²) in [5.74, 6) is 0. The van der Waals surface area contributed by atoms with Crippen molar-refractivity contribution in [2.75, 3.05) is 0 Å². The van der Waals surface area contributed by atoms with E-state index in [0.29, 0.717) is 0 Å². The van der Waals surface area contributed by atoms with Crippen molar-refractivity contribution >= 4 is 21.5 Å². The van der Waals surface area contributed by atoms with Gasteiger partial charge in [-0.1, -0.05) is 133 Å². The molecule has 0 heterocycles. The number of hydrogen-bond acceptors (Lipinski definition) is 0. The lowest BCUT2D eigenvalue weighted by Gasteiger charge is -2.18. The molecule has 0 amide bonds. The molecule has 0 saturated heterocycles. The van der Waals surface area contributed by atoms with E-state index in [9.17, 15) is 0 Å². The van der Waals surface area contributed by atoms with Crippen LogP contribution in [0.5, 0.6) is 0 Å². The standard InChI is InChI=1S/C32H22/c1-3-11-23(12-4-1)27-17-9-20-31(32(27)25-14-5-2-6-15-25)29-19-10-18-28-26-16-8-7-13-24(26)21-22-30(28)29/h1-22H. The average molecular weight is 407 g/mol. The molecule has 0 radical (unpaired) electrons. The van der Waals surface area contributed by atoms with Crippen LogP contribution < -0.4 is 0 Å². The van der Waals surface area contributed by atoms with Crippen LogP contribution in [0.2, 0.25) is 0 Å². The molecule has 0 aromatic heterocycles. The van der Waals surface area contributed by atoms with Crippen LogP contribution >= 0.6 is 0 Å². The normalized spacial score (nSPS) is 11.1. The Morgan fingerprint density at radius 1 is 0.281 bits per heavy atom. The summed E-state index contributed by atoms with van der Waals surface area (Å²) in [5, 5.41) is 5.16. The van der Waals surface area contributed by atoms with E-state index in [4.69, 9.17) is 0 Å². The Kier molecular flexibility index (Phi) is 4.55. The van der Waals surface area contributed by atoms with Gasteiger partial charge < -0.3 is 0 Å². The zero-order valence-corrected chi connectivity index (χ0v) is 17.7. The van der Waals surface area contributed by atoms with Gasteiger partial charge in [0.05, 0.1) is 0 Å². The number of rotatable bonds is 3. The minimum Gasteiger partial charge on any atom is -0.0622 e. The van der Waals surface area contributed by atoms with E-state index in [0.717, 1.165) is 0 Å². The summed E-state index contributed by atoms with van der Waals surface area (Å²) >= 11 is 0. The molecule has 0 saturated carbocycles. The highest BCUT2D eigenvalue weighted by Crippen LogP contribution is 2.42. The molecule has 0 heteroatoms. The molecule has 0 spiro atoms. The largest absolute Gasteiger partial charge is 0.0622 e. The molecule has 6 aromatic rings. The molecule has 0 aliphatic heterocycles. The van der Waals surface area contributed by atoms with Crippen LogP contribution in [0.3, 0.4) is 0 Å². The van der Waals surface area contributed by atoms with Crippen molar-refractivity contribution in [1.82, 2.24) is 0 Å². The average Bonchev–Trinajstić information content (AvgIpc) is 2.89. The molecule has 6 rings (SSSR count). The second-order valence-electron chi connectivity index (χ2n) is 8.15. The first-order valence-corrected chi connectivity index (χ1v) is 11.0. The molecule has 0 nitrogen and oxygen atoms in total. The van der Waals surface area contributed by atoms with Gasteiger partial charge in [-0.3, -0.25) is 0 Å². The van der Waals surface area contributed by atoms with E-state index in [1.54, 1.807) is 0 Å². The van der Waals surface area contributed by atoms with Crippen molar-refractivity contribution < 1.29 is 0 Å². The van der Waals surface area contributed by atoms with E-state index >= 15 is 0 Å². The predicted octanol–water partition coefficient (Wildman–Crippen LogP) is 8.99. The molecule has 0 aliphatic rings. The highest BCUT2D eigenvalue weighted by molar-refractivity contribution is 6.13. The quantitative estimate of drug-likeness (QED) is 0.257. The lowest BCUT2D eigenvalue weighted by molar-refractivity contribution is 1.57. The minimum absolute atomic E-state index is 1.24. The van der Waals surface area contributed by atoms with Crippen molar-refractivity contribution in [3.05, 3.63) is 133 Å². The number of hydrogen-bond donors (Lipinski definition) is 0. The van der Waals surface area contributed by atoms with Gasteiger partial charge >= 0.3 is 0 Å². The van der Waals surface area contributed by atoms with Crippen molar-refractivity contribution in [2.24, 2.45) is 0 Å². The summed E-state index contributed by atoms with van der Waals surface area (Å²) in [7, 11) is 0. The fourth-order valence-corrected chi connectivity index (χ4v) is 4.83. The smallest absolute Gasteiger partial charge is 0.00266 e. The number of fused-ring (bicyclic) bond motifs is 3. The van der Waals surface area contributed by atoms with Crippen LogP contribution in [0.25, 0.3) is 54.9 Å². The van der Waals surface area contributed by atoms with Gasteiger partial charge in [0.25, 0.3) is 0 Å². The van der Waals surface area contributed by atoms with Crippen molar-refractivity contribution in [1.29, 1.82) is 0 Å². The van der Waals surface area contributed by atoms with Crippen LogP contribution in [0.15, 0.2) is 133 Å². The second-order valence-corrected chi connectivity index (χ2v) is 8.15. The third kappa shape index (κ3) is 3.09. The zero-order chi connectivity index (χ0) is 21.3. The molecule has 0 N–H and O–H groups in total. The minimum atomic E-state index is 1.24. The number of benzene rings is 6. The Morgan fingerprint density at radius 2 is 0.875 bits per heavy atom. The highest BCUT2D eigenvalue weighted by atomic mass is 14.2. The lowest BCUT2D eigenvalue weighted by Crippen LogP contribution is -1.91. The maximum Gasteiger partial charge on any atom is -0.00266 e. The summed E-state index contributed by atoms with van der Waals surface area (Å²) in [5.41, 5.74) is 7.54. The Hall–Kier alpha value is -4.16. The Bertz CT molecular complexity index is 1540. The summed E-state index contributed by atoms with van der Waals surface area (Å²) in [6.45, 7) is 0. The van der Waals surface area contributed by atoms with Crippen LogP contribution in [0, 0.1) is 0 Å². The molecule has 0 aliphatic carbocycles. The van der Waals surface area contributed by atoms with Gasteiger partial charge in [-0.05, 0) is 54.9 Å². The summed E-state index contributed by atoms with van der Waals surface area (Å²) in [6, 6.07) is 48.0. The van der Waals surface area contributed by atoms with E-state index in [1.165, 1.54) is 54.9 Å². The van der Waals surface area contributed by atoms with E-state index in [2.05, 4.69) is 133 Å². The van der Waals surface area contributed by atoms with Crippen molar-refractivity contribution in [3.8, 4) is 33.4 Å². The first-order chi connectivity index (χ1) is 15.9. The summed E-state index contributed by atoms with van der Waals surface area (Å²) < 4.78 is 0. The van der Waals surface area contributed by atoms with Gasteiger partial charge in [-0.2, -0.15) is 0 Å². The van der Waals surface area contributed by atoms with Crippen molar-refractivity contribution in [3.63, 3.8) is 0 Å². The molecule has 0 fully saturated rings. The van der Waals surface area contributed by atoms with Crippen LogP contribution in [0.4, 0.5) is 0 Å². The SMILES string of the molecule is c1ccc(-c2cccc(-c3cccc4c3ccc3ccccc34)c2-c2ccccc2)cc1. The zero-order valence-electron chi connectivity index (χ0n) is 17.7. The molecule has 150 valence electrons. The van der Waals surface area contributed by atoms with Gasteiger partial charge in [0.2, 0.25) is 0 Å².